The molecule has 1 aliphatic rings. The van der Waals surface area contributed by atoms with Gasteiger partial charge in [-0.05, 0) is 31.5 Å². The van der Waals surface area contributed by atoms with Crippen molar-refractivity contribution < 1.29 is 4.74 Å². The predicted molar refractivity (Wildman–Crippen MR) is 77.5 cm³/mol. The summed E-state index contributed by atoms with van der Waals surface area (Å²) in [6, 6.07) is 5.90. The summed E-state index contributed by atoms with van der Waals surface area (Å²) in [7, 11) is 0. The number of hydrogen-bond donors (Lipinski definition) is 2. The van der Waals surface area contributed by atoms with Crippen LogP contribution in [0.5, 0.6) is 0 Å². The molecule has 1 saturated heterocycles. The number of benzene rings is 1. The fourth-order valence-corrected chi connectivity index (χ4v) is 2.45. The molecule has 1 aliphatic heterocycles. The van der Waals surface area contributed by atoms with E-state index in [-0.39, 0.29) is 5.54 Å². The van der Waals surface area contributed by atoms with E-state index in [0.717, 1.165) is 28.8 Å². The molecule has 92 valence electrons. The second kappa shape index (κ2) is 4.92. The van der Waals surface area contributed by atoms with Crippen molar-refractivity contribution in [1.29, 1.82) is 0 Å². The molecule has 3 nitrogen and oxygen atoms in total. The van der Waals surface area contributed by atoms with E-state index in [9.17, 15) is 0 Å². The van der Waals surface area contributed by atoms with Gasteiger partial charge in [-0.15, -0.1) is 0 Å². The quantitative estimate of drug-likeness (QED) is 0.842. The Balaban J connectivity index is 2.28. The van der Waals surface area contributed by atoms with E-state index in [1.54, 1.807) is 0 Å². The molecule has 1 aromatic rings. The predicted octanol–water partition coefficient (Wildman–Crippen LogP) is 2.67. The van der Waals surface area contributed by atoms with Gasteiger partial charge in [-0.1, -0.05) is 28.1 Å². The lowest BCUT2D eigenvalue weighted by Gasteiger charge is -2.26. The summed E-state index contributed by atoms with van der Waals surface area (Å²) >= 11 is 8.50. The molecule has 1 atom stereocenters. The van der Waals surface area contributed by atoms with Crippen LogP contribution in [0.2, 0.25) is 0 Å². The third-order valence-electron chi connectivity index (χ3n) is 2.90. The van der Waals surface area contributed by atoms with Gasteiger partial charge in [0.2, 0.25) is 0 Å². The Bertz CT molecular complexity index is 444. The van der Waals surface area contributed by atoms with Crippen molar-refractivity contribution in [2.24, 2.45) is 5.73 Å². The number of nitrogens with two attached hydrogens (primary N) is 1. The molecule has 0 amide bonds. The van der Waals surface area contributed by atoms with Gasteiger partial charge in [0.05, 0.1) is 12.1 Å². The fraction of sp³-hybridized carbons (Fsp3) is 0.417. The molecule has 5 heteroatoms. The molecule has 1 unspecified atom stereocenters. The second-order valence-electron chi connectivity index (χ2n) is 4.54. The maximum Gasteiger partial charge on any atom is 0.106 e. The number of thiocarbonyl (C=S) groups is 1. The molecule has 0 spiro atoms. The van der Waals surface area contributed by atoms with Crippen molar-refractivity contribution in [1.82, 2.24) is 0 Å². The monoisotopic (exact) mass is 314 g/mol. The van der Waals surface area contributed by atoms with E-state index >= 15 is 0 Å². The second-order valence-corrected chi connectivity index (χ2v) is 5.90. The van der Waals surface area contributed by atoms with E-state index in [1.807, 2.05) is 18.2 Å². The normalized spacial score (nSPS) is 23.6. The Morgan fingerprint density at radius 3 is 2.94 bits per heavy atom. The van der Waals surface area contributed by atoms with E-state index in [2.05, 4.69) is 28.2 Å². The van der Waals surface area contributed by atoms with E-state index in [0.29, 0.717) is 11.6 Å². The highest BCUT2D eigenvalue weighted by Crippen LogP contribution is 2.28. The van der Waals surface area contributed by atoms with Crippen molar-refractivity contribution in [3.8, 4) is 0 Å². The van der Waals surface area contributed by atoms with Crippen LogP contribution in [-0.4, -0.2) is 23.7 Å². The fourth-order valence-electron chi connectivity index (χ4n) is 1.92. The Hall–Kier alpha value is -0.650. The summed E-state index contributed by atoms with van der Waals surface area (Å²) in [6.45, 7) is 3.65. The molecule has 0 saturated carbocycles. The van der Waals surface area contributed by atoms with Crippen LogP contribution in [0.4, 0.5) is 5.69 Å². The highest BCUT2D eigenvalue weighted by atomic mass is 79.9. The minimum atomic E-state index is -0.0344. The molecule has 2 rings (SSSR count). The number of halogens is 1. The Morgan fingerprint density at radius 2 is 2.35 bits per heavy atom. The van der Waals surface area contributed by atoms with Gasteiger partial charge in [0.1, 0.15) is 4.99 Å². The molecule has 0 radical (unpaired) electrons. The van der Waals surface area contributed by atoms with E-state index < -0.39 is 0 Å². The van der Waals surface area contributed by atoms with Crippen molar-refractivity contribution in [3.05, 3.63) is 28.2 Å². The zero-order valence-corrected chi connectivity index (χ0v) is 12.0. The van der Waals surface area contributed by atoms with Crippen LogP contribution in [-0.2, 0) is 4.74 Å². The van der Waals surface area contributed by atoms with Crippen molar-refractivity contribution in [2.45, 2.75) is 18.9 Å². The third-order valence-corrected chi connectivity index (χ3v) is 3.62. The van der Waals surface area contributed by atoms with E-state index in [1.165, 1.54) is 0 Å². The minimum absolute atomic E-state index is 0.0344. The SMILES string of the molecule is CC1(Nc2ccc(Br)cc2C(N)=S)CCOC1. The first-order chi connectivity index (χ1) is 8.00. The lowest BCUT2D eigenvalue weighted by Crippen LogP contribution is -2.35. The number of ether oxygens (including phenoxy) is 1. The van der Waals surface area contributed by atoms with Gasteiger partial charge in [-0.3, -0.25) is 0 Å². The van der Waals surface area contributed by atoms with Crippen LogP contribution in [0, 0.1) is 0 Å². The van der Waals surface area contributed by atoms with Crippen LogP contribution < -0.4 is 11.1 Å². The topological polar surface area (TPSA) is 47.3 Å². The number of hydrogen-bond acceptors (Lipinski definition) is 3. The Labute approximate surface area is 115 Å². The molecule has 1 heterocycles. The van der Waals surface area contributed by atoms with E-state index in [4.69, 9.17) is 22.7 Å². The van der Waals surface area contributed by atoms with Crippen molar-refractivity contribution in [2.75, 3.05) is 18.5 Å². The summed E-state index contributed by atoms with van der Waals surface area (Å²) in [5.41, 5.74) is 7.54. The highest BCUT2D eigenvalue weighted by Gasteiger charge is 2.30. The zero-order chi connectivity index (χ0) is 12.5. The molecule has 1 fully saturated rings. The highest BCUT2D eigenvalue weighted by molar-refractivity contribution is 9.10. The van der Waals surface area contributed by atoms with Crippen LogP contribution in [0.15, 0.2) is 22.7 Å². The molecular formula is C12H15BrN2OS. The maximum atomic E-state index is 5.74. The van der Waals surface area contributed by atoms with Gasteiger partial charge in [-0.2, -0.15) is 0 Å². The lowest BCUT2D eigenvalue weighted by atomic mass is 10.0. The summed E-state index contributed by atoms with van der Waals surface area (Å²) in [5.74, 6) is 0. The van der Waals surface area contributed by atoms with Gasteiger partial charge in [-0.25, -0.2) is 0 Å². The van der Waals surface area contributed by atoms with Gasteiger partial charge < -0.3 is 15.8 Å². The minimum Gasteiger partial charge on any atom is -0.389 e. The maximum absolute atomic E-state index is 5.74. The number of rotatable bonds is 3. The van der Waals surface area contributed by atoms with Crippen molar-refractivity contribution >= 4 is 38.8 Å². The average Bonchev–Trinajstić information content (AvgIpc) is 2.67. The molecule has 0 aromatic heterocycles. The first kappa shape index (κ1) is 12.8. The summed E-state index contributed by atoms with van der Waals surface area (Å²) in [6.07, 6.45) is 0.986. The summed E-state index contributed by atoms with van der Waals surface area (Å²) in [4.78, 5) is 0.399. The largest absolute Gasteiger partial charge is 0.389 e. The summed E-state index contributed by atoms with van der Waals surface area (Å²) < 4.78 is 6.39. The standard InChI is InChI=1S/C12H15BrN2OS/c1-12(4-5-16-7-12)15-10-3-2-8(13)6-9(10)11(14)17/h2-3,6,15H,4-5,7H2,1H3,(H2,14,17). The third kappa shape index (κ3) is 2.97. The van der Waals surface area contributed by atoms with Gasteiger partial charge in [0, 0.05) is 22.3 Å². The number of anilines is 1. The molecule has 1 aromatic carbocycles. The first-order valence-corrected chi connectivity index (χ1v) is 6.66. The van der Waals surface area contributed by atoms with Gasteiger partial charge in [0.25, 0.3) is 0 Å². The van der Waals surface area contributed by atoms with Crippen LogP contribution in [0.3, 0.4) is 0 Å². The molecular weight excluding hydrogens is 300 g/mol. The Kier molecular flexibility index (Phi) is 3.70. The first-order valence-electron chi connectivity index (χ1n) is 5.45. The lowest BCUT2D eigenvalue weighted by molar-refractivity contribution is 0.185. The molecule has 0 aliphatic carbocycles. The van der Waals surface area contributed by atoms with Gasteiger partial charge in [0.15, 0.2) is 0 Å². The molecule has 17 heavy (non-hydrogen) atoms. The average molecular weight is 315 g/mol. The molecule has 0 bridgehead atoms. The zero-order valence-electron chi connectivity index (χ0n) is 9.63. The molecule has 3 N–H and O–H groups in total. The summed E-state index contributed by atoms with van der Waals surface area (Å²) in [5, 5.41) is 3.48. The van der Waals surface area contributed by atoms with Crippen LogP contribution >= 0.6 is 28.1 Å². The van der Waals surface area contributed by atoms with Crippen molar-refractivity contribution in [3.63, 3.8) is 0 Å². The van der Waals surface area contributed by atoms with Crippen LogP contribution in [0.25, 0.3) is 0 Å². The Morgan fingerprint density at radius 1 is 1.59 bits per heavy atom. The smallest absolute Gasteiger partial charge is 0.106 e. The van der Waals surface area contributed by atoms with Crippen LogP contribution in [0.1, 0.15) is 18.9 Å². The van der Waals surface area contributed by atoms with Gasteiger partial charge >= 0.3 is 0 Å². The number of nitrogens with one attached hydrogen (secondary N) is 1.